The van der Waals surface area contributed by atoms with Gasteiger partial charge >= 0.3 is 0 Å². The van der Waals surface area contributed by atoms with Gasteiger partial charge < -0.3 is 26.4 Å². The van der Waals surface area contributed by atoms with E-state index in [1.807, 2.05) is 48.5 Å². The van der Waals surface area contributed by atoms with Crippen LogP contribution >= 0.6 is 12.6 Å². The Morgan fingerprint density at radius 1 is 1.15 bits per heavy atom. The minimum absolute atomic E-state index is 0.143. The molecule has 3 rings (SSSR count). The molecule has 8 nitrogen and oxygen atoms in total. The van der Waals surface area contributed by atoms with E-state index in [1.54, 1.807) is 25.1 Å². The van der Waals surface area contributed by atoms with Gasteiger partial charge in [0, 0.05) is 36.1 Å². The monoisotopic (exact) mass is 479 g/mol. The number of nitrogens with one attached hydrogen (secondary N) is 3. The van der Waals surface area contributed by atoms with E-state index in [4.69, 9.17) is 10.5 Å². The van der Waals surface area contributed by atoms with Crippen molar-refractivity contribution < 1.29 is 14.3 Å². The smallest absolute Gasteiger partial charge is 0.261 e. The number of pyridine rings is 1. The summed E-state index contributed by atoms with van der Waals surface area (Å²) in [6.45, 7) is 2.44. The van der Waals surface area contributed by atoms with E-state index in [0.717, 1.165) is 16.8 Å². The maximum Gasteiger partial charge on any atom is 0.261 e. The van der Waals surface area contributed by atoms with Crippen LogP contribution < -0.4 is 26.4 Å². The highest BCUT2D eigenvalue weighted by Gasteiger charge is 2.18. The summed E-state index contributed by atoms with van der Waals surface area (Å²) in [6.07, 6.45) is -0.187. The molecule has 0 radical (unpaired) electrons. The van der Waals surface area contributed by atoms with Crippen molar-refractivity contribution >= 4 is 36.3 Å². The minimum Gasteiger partial charge on any atom is -0.463 e. The van der Waals surface area contributed by atoms with Crippen molar-refractivity contribution in [2.75, 3.05) is 22.9 Å². The molecule has 0 saturated heterocycles. The second-order valence-corrected chi connectivity index (χ2v) is 8.04. The second-order valence-electron chi connectivity index (χ2n) is 7.68. The molecule has 178 valence electrons. The van der Waals surface area contributed by atoms with E-state index in [-0.39, 0.29) is 11.9 Å². The molecule has 2 unspecified atom stereocenters. The Bertz CT molecular complexity index is 1100. The van der Waals surface area contributed by atoms with Crippen LogP contribution in [0.1, 0.15) is 12.5 Å². The largest absolute Gasteiger partial charge is 0.463 e. The van der Waals surface area contributed by atoms with E-state index in [1.165, 1.54) is 0 Å². The first kappa shape index (κ1) is 25.1. The lowest BCUT2D eigenvalue weighted by molar-refractivity contribution is -0.127. The van der Waals surface area contributed by atoms with E-state index in [2.05, 4.69) is 33.6 Å². The highest BCUT2D eigenvalue weighted by atomic mass is 32.1. The first-order chi connectivity index (χ1) is 16.5. The number of nitrogens with zero attached hydrogens (tertiary/aromatic N) is 1. The van der Waals surface area contributed by atoms with Gasteiger partial charge in [-0.3, -0.25) is 9.59 Å². The zero-order valence-corrected chi connectivity index (χ0v) is 19.8. The Labute approximate surface area is 204 Å². The lowest BCUT2D eigenvalue weighted by Gasteiger charge is -2.19. The van der Waals surface area contributed by atoms with Crippen molar-refractivity contribution in [3.63, 3.8) is 0 Å². The Balaban J connectivity index is 1.72. The van der Waals surface area contributed by atoms with E-state index < -0.39 is 6.10 Å². The Morgan fingerprint density at radius 3 is 2.68 bits per heavy atom. The lowest BCUT2D eigenvalue weighted by Crippen LogP contribution is -2.36. The van der Waals surface area contributed by atoms with Crippen LogP contribution in [0.5, 0.6) is 5.88 Å². The number of amides is 2. The Kier molecular flexibility index (Phi) is 9.30. The summed E-state index contributed by atoms with van der Waals surface area (Å²) in [6, 6.07) is 20.6. The molecule has 2 amide bonds. The number of anilines is 2. The summed E-state index contributed by atoms with van der Waals surface area (Å²) in [5.41, 5.74) is 9.79. The lowest BCUT2D eigenvalue weighted by atomic mass is 10.1. The molecule has 1 aromatic heterocycles. The fourth-order valence-corrected chi connectivity index (χ4v) is 3.26. The van der Waals surface area contributed by atoms with Gasteiger partial charge in [-0.15, -0.1) is 0 Å². The van der Waals surface area contributed by atoms with Gasteiger partial charge in [0.25, 0.3) is 5.91 Å². The first-order valence-corrected chi connectivity index (χ1v) is 11.5. The maximum atomic E-state index is 12.7. The normalized spacial score (nSPS) is 12.3. The van der Waals surface area contributed by atoms with Gasteiger partial charge in [-0.25, -0.2) is 4.98 Å². The average molecular weight is 480 g/mol. The predicted octanol–water partition coefficient (Wildman–Crippen LogP) is 3.07. The molecule has 0 aliphatic rings. The van der Waals surface area contributed by atoms with E-state index in [9.17, 15) is 9.59 Å². The number of nitrogens with two attached hydrogens (primary N) is 1. The molecule has 1 heterocycles. The second kappa shape index (κ2) is 12.6. The van der Waals surface area contributed by atoms with Crippen LogP contribution in [0.2, 0.25) is 0 Å². The van der Waals surface area contributed by atoms with Gasteiger partial charge in [0.05, 0.1) is 11.4 Å². The standard InChI is InChI=1S/C25H29N5O3S/c1-17(24(32)28-13-18-6-5-9-21(12-18)29-16-31)33-25-23(27-14-20(26)15-34)11-10-22(30-25)19-7-3-2-4-8-19/h2-12,16-17,20,27,34H,13-15,26H2,1H3,(H,28,32)(H,29,31). The van der Waals surface area contributed by atoms with Crippen molar-refractivity contribution in [3.8, 4) is 17.1 Å². The molecule has 0 saturated carbocycles. The SMILES string of the molecule is CC(Oc1nc(-c2ccccc2)ccc1NCC(N)CS)C(=O)NCc1cccc(NC=O)c1. The molecule has 9 heteroatoms. The topological polar surface area (TPSA) is 118 Å². The fourth-order valence-electron chi connectivity index (χ4n) is 3.13. The van der Waals surface area contributed by atoms with Crippen LogP contribution in [-0.2, 0) is 16.1 Å². The summed E-state index contributed by atoms with van der Waals surface area (Å²) in [5.74, 6) is 0.549. The third-order valence-electron chi connectivity index (χ3n) is 5.00. The number of rotatable bonds is 12. The summed E-state index contributed by atoms with van der Waals surface area (Å²) >= 11 is 4.22. The molecule has 0 bridgehead atoms. The number of hydrogen-bond donors (Lipinski definition) is 5. The summed E-state index contributed by atoms with van der Waals surface area (Å²) in [5, 5.41) is 8.68. The third kappa shape index (κ3) is 7.23. The Hall–Kier alpha value is -3.56. The van der Waals surface area contributed by atoms with Gasteiger partial charge in [-0.1, -0.05) is 42.5 Å². The molecular formula is C25H29N5O3S. The van der Waals surface area contributed by atoms with Gasteiger partial charge in [-0.05, 0) is 36.8 Å². The van der Waals surface area contributed by atoms with E-state index >= 15 is 0 Å². The number of aromatic nitrogens is 1. The molecular weight excluding hydrogens is 450 g/mol. The molecule has 0 spiro atoms. The van der Waals surface area contributed by atoms with Crippen LogP contribution in [0.3, 0.4) is 0 Å². The van der Waals surface area contributed by atoms with Gasteiger partial charge in [0.15, 0.2) is 6.10 Å². The fraction of sp³-hybridized carbons (Fsp3) is 0.240. The molecule has 3 aromatic rings. The number of carbonyl (C=O) groups excluding carboxylic acids is 2. The summed E-state index contributed by atoms with van der Waals surface area (Å²) < 4.78 is 5.98. The van der Waals surface area contributed by atoms with Crippen molar-refractivity contribution in [2.45, 2.75) is 25.6 Å². The zero-order chi connectivity index (χ0) is 24.3. The predicted molar refractivity (Wildman–Crippen MR) is 138 cm³/mol. The minimum atomic E-state index is -0.797. The summed E-state index contributed by atoms with van der Waals surface area (Å²) in [4.78, 5) is 28.0. The third-order valence-corrected chi connectivity index (χ3v) is 5.47. The molecule has 2 aromatic carbocycles. The van der Waals surface area contributed by atoms with Crippen LogP contribution in [0.15, 0.2) is 66.7 Å². The Morgan fingerprint density at radius 2 is 1.94 bits per heavy atom. The van der Waals surface area contributed by atoms with Gasteiger partial charge in [-0.2, -0.15) is 12.6 Å². The van der Waals surface area contributed by atoms with Gasteiger partial charge in [0.1, 0.15) is 0 Å². The first-order valence-electron chi connectivity index (χ1n) is 10.9. The number of ether oxygens (including phenoxy) is 1. The quantitative estimate of drug-likeness (QED) is 0.201. The molecule has 5 N–H and O–H groups in total. The van der Waals surface area contributed by atoms with Crippen molar-refractivity contribution in [2.24, 2.45) is 5.73 Å². The zero-order valence-electron chi connectivity index (χ0n) is 18.9. The molecule has 34 heavy (non-hydrogen) atoms. The van der Waals surface area contributed by atoms with Crippen LogP contribution in [0.25, 0.3) is 11.3 Å². The molecule has 2 atom stereocenters. The molecule has 0 aliphatic heterocycles. The number of benzene rings is 2. The van der Waals surface area contributed by atoms with Gasteiger partial charge in [0.2, 0.25) is 12.3 Å². The van der Waals surface area contributed by atoms with E-state index in [0.29, 0.717) is 42.5 Å². The van der Waals surface area contributed by atoms with Crippen molar-refractivity contribution in [1.29, 1.82) is 0 Å². The van der Waals surface area contributed by atoms with Crippen LogP contribution in [-0.4, -0.2) is 41.7 Å². The number of carbonyl (C=O) groups is 2. The van der Waals surface area contributed by atoms with Crippen LogP contribution in [0.4, 0.5) is 11.4 Å². The average Bonchev–Trinajstić information content (AvgIpc) is 2.87. The van der Waals surface area contributed by atoms with Crippen LogP contribution in [0, 0.1) is 0 Å². The van der Waals surface area contributed by atoms with Crippen molar-refractivity contribution in [1.82, 2.24) is 10.3 Å². The number of thiol groups is 1. The molecule has 0 fully saturated rings. The number of hydrogen-bond acceptors (Lipinski definition) is 7. The maximum absolute atomic E-state index is 12.7. The molecule has 0 aliphatic carbocycles. The highest BCUT2D eigenvalue weighted by molar-refractivity contribution is 7.80. The van der Waals surface area contributed by atoms with Crippen molar-refractivity contribution in [3.05, 3.63) is 72.3 Å². The summed E-state index contributed by atoms with van der Waals surface area (Å²) in [7, 11) is 0. The highest BCUT2D eigenvalue weighted by Crippen LogP contribution is 2.28.